The normalized spacial score (nSPS) is 12.5. The van der Waals surface area contributed by atoms with Crippen LogP contribution in [0.15, 0.2) is 52.2 Å². The van der Waals surface area contributed by atoms with Gasteiger partial charge >= 0.3 is 11.9 Å². The Morgan fingerprint density at radius 2 is 1.62 bits per heavy atom. The van der Waals surface area contributed by atoms with E-state index in [2.05, 4.69) is 4.72 Å². The van der Waals surface area contributed by atoms with Crippen molar-refractivity contribution >= 4 is 26.7 Å². The van der Waals surface area contributed by atoms with Crippen LogP contribution >= 0.6 is 0 Å². The first-order valence-corrected chi connectivity index (χ1v) is 8.84. The summed E-state index contributed by atoms with van der Waals surface area (Å²) in [6.45, 7) is 0. The average Bonchev–Trinajstić information content (AvgIpc) is 2.78. The van der Waals surface area contributed by atoms with Gasteiger partial charge in [0.15, 0.2) is 0 Å². The number of aromatic nitrogens is 2. The molecule has 1 heterocycles. The van der Waals surface area contributed by atoms with Gasteiger partial charge in [0.2, 0.25) is 0 Å². The van der Waals surface area contributed by atoms with E-state index in [0.29, 0.717) is 17.1 Å². The standard InChI is InChI=1S/C16H14F3N3O3S/c1-21-13-7-6-12(9-14(13)22(2)15(21)23)26(24,25)20-11-5-3-4-10(8-11)16(17,18)19/h3-9,20H,1-2H3. The number of fused-ring (bicyclic) bond motifs is 1. The van der Waals surface area contributed by atoms with Crippen molar-refractivity contribution < 1.29 is 21.6 Å². The van der Waals surface area contributed by atoms with Crippen LogP contribution < -0.4 is 10.4 Å². The summed E-state index contributed by atoms with van der Waals surface area (Å²) in [6.07, 6.45) is -4.58. The molecule has 0 bridgehead atoms. The zero-order valence-electron chi connectivity index (χ0n) is 13.7. The minimum Gasteiger partial charge on any atom is -0.295 e. The third kappa shape index (κ3) is 3.07. The van der Waals surface area contributed by atoms with Crippen LogP contribution in [0.25, 0.3) is 11.0 Å². The van der Waals surface area contributed by atoms with Crippen molar-refractivity contribution in [2.45, 2.75) is 11.1 Å². The molecule has 1 aromatic heterocycles. The molecule has 0 radical (unpaired) electrons. The molecular formula is C16H14F3N3O3S. The number of anilines is 1. The maximum absolute atomic E-state index is 12.8. The summed E-state index contributed by atoms with van der Waals surface area (Å²) in [6, 6.07) is 7.97. The van der Waals surface area contributed by atoms with Gasteiger partial charge in [0.05, 0.1) is 21.5 Å². The minimum atomic E-state index is -4.58. The number of halogens is 3. The third-order valence-corrected chi connectivity index (χ3v) is 5.37. The number of sulfonamides is 1. The van der Waals surface area contributed by atoms with Gasteiger partial charge in [0, 0.05) is 19.8 Å². The number of hydrogen-bond acceptors (Lipinski definition) is 3. The molecule has 0 unspecified atom stereocenters. The van der Waals surface area contributed by atoms with Crippen molar-refractivity contribution in [2.75, 3.05) is 4.72 Å². The first kappa shape index (κ1) is 18.1. The number of nitrogens with one attached hydrogen (secondary N) is 1. The Kier molecular flexibility index (Phi) is 4.10. The van der Waals surface area contributed by atoms with E-state index in [-0.39, 0.29) is 16.3 Å². The highest BCUT2D eigenvalue weighted by Gasteiger charge is 2.30. The molecule has 0 aliphatic heterocycles. The summed E-state index contributed by atoms with van der Waals surface area (Å²) in [5, 5.41) is 0. The molecule has 0 fully saturated rings. The van der Waals surface area contributed by atoms with Crippen LogP contribution in [0.4, 0.5) is 18.9 Å². The Hall–Kier alpha value is -2.75. The summed E-state index contributed by atoms with van der Waals surface area (Å²) in [5.41, 5.74) is -0.555. The lowest BCUT2D eigenvalue weighted by atomic mass is 10.2. The Balaban J connectivity index is 2.03. The molecule has 0 atom stereocenters. The molecule has 0 saturated heterocycles. The molecule has 0 saturated carbocycles. The number of alkyl halides is 3. The van der Waals surface area contributed by atoms with Crippen molar-refractivity contribution in [1.29, 1.82) is 0 Å². The fraction of sp³-hybridized carbons (Fsp3) is 0.188. The van der Waals surface area contributed by atoms with Gasteiger partial charge in [-0.05, 0) is 36.4 Å². The maximum Gasteiger partial charge on any atom is 0.416 e. The van der Waals surface area contributed by atoms with E-state index in [1.807, 2.05) is 0 Å². The van der Waals surface area contributed by atoms with Crippen molar-refractivity contribution in [2.24, 2.45) is 14.1 Å². The molecule has 26 heavy (non-hydrogen) atoms. The van der Waals surface area contributed by atoms with Crippen molar-refractivity contribution in [1.82, 2.24) is 9.13 Å². The SMILES string of the molecule is Cn1c(=O)n(C)c2cc(S(=O)(=O)Nc3cccc(C(F)(F)F)c3)ccc21. The molecule has 0 spiro atoms. The smallest absolute Gasteiger partial charge is 0.295 e. The Morgan fingerprint density at radius 1 is 0.962 bits per heavy atom. The van der Waals surface area contributed by atoms with Crippen LogP contribution in [0, 0.1) is 0 Å². The van der Waals surface area contributed by atoms with E-state index in [1.165, 1.54) is 40.4 Å². The molecule has 0 aliphatic rings. The zero-order valence-corrected chi connectivity index (χ0v) is 14.5. The van der Waals surface area contributed by atoms with Gasteiger partial charge in [-0.3, -0.25) is 13.9 Å². The van der Waals surface area contributed by atoms with Crippen LogP contribution in [-0.4, -0.2) is 17.6 Å². The predicted molar refractivity (Wildman–Crippen MR) is 90.4 cm³/mol. The fourth-order valence-electron chi connectivity index (χ4n) is 2.63. The topological polar surface area (TPSA) is 73.1 Å². The molecule has 3 rings (SSSR count). The molecule has 10 heteroatoms. The lowest BCUT2D eigenvalue weighted by Gasteiger charge is -2.11. The summed E-state index contributed by atoms with van der Waals surface area (Å²) in [4.78, 5) is 11.8. The van der Waals surface area contributed by atoms with E-state index in [9.17, 15) is 26.4 Å². The zero-order chi connectivity index (χ0) is 19.3. The van der Waals surface area contributed by atoms with Gasteiger partial charge in [0.1, 0.15) is 0 Å². The molecule has 1 N–H and O–H groups in total. The summed E-state index contributed by atoms with van der Waals surface area (Å²) >= 11 is 0. The molecule has 6 nitrogen and oxygen atoms in total. The number of hydrogen-bond donors (Lipinski definition) is 1. The molecular weight excluding hydrogens is 371 g/mol. The number of rotatable bonds is 3. The number of benzene rings is 2. The van der Waals surface area contributed by atoms with Gasteiger partial charge in [-0.25, -0.2) is 13.2 Å². The summed E-state index contributed by atoms with van der Waals surface area (Å²) < 4.78 is 68.1. The highest BCUT2D eigenvalue weighted by molar-refractivity contribution is 7.92. The largest absolute Gasteiger partial charge is 0.416 e. The lowest BCUT2D eigenvalue weighted by Crippen LogP contribution is -2.19. The van der Waals surface area contributed by atoms with Gasteiger partial charge < -0.3 is 0 Å². The highest BCUT2D eigenvalue weighted by Crippen LogP contribution is 2.31. The minimum absolute atomic E-state index is 0.163. The van der Waals surface area contributed by atoms with E-state index in [4.69, 9.17) is 0 Å². The first-order chi connectivity index (χ1) is 12.0. The first-order valence-electron chi connectivity index (χ1n) is 7.36. The Labute approximate surface area is 146 Å². The second-order valence-electron chi connectivity index (χ2n) is 5.74. The molecule has 0 aliphatic carbocycles. The maximum atomic E-state index is 12.8. The highest BCUT2D eigenvalue weighted by atomic mass is 32.2. The number of aryl methyl sites for hydroxylation is 2. The van der Waals surface area contributed by atoms with Crippen LogP contribution in [0.2, 0.25) is 0 Å². The molecule has 2 aromatic carbocycles. The van der Waals surface area contributed by atoms with Gasteiger partial charge in [-0.15, -0.1) is 0 Å². The Morgan fingerprint density at radius 3 is 2.27 bits per heavy atom. The van der Waals surface area contributed by atoms with E-state index in [1.54, 1.807) is 7.05 Å². The summed E-state index contributed by atoms with van der Waals surface area (Å²) in [7, 11) is -1.07. The van der Waals surface area contributed by atoms with Crippen molar-refractivity contribution in [3.05, 3.63) is 58.5 Å². The van der Waals surface area contributed by atoms with Crippen molar-refractivity contribution in [3.8, 4) is 0 Å². The third-order valence-electron chi connectivity index (χ3n) is 4.00. The van der Waals surface area contributed by atoms with Gasteiger partial charge in [-0.1, -0.05) is 6.07 Å². The van der Waals surface area contributed by atoms with Crippen LogP contribution in [0.1, 0.15) is 5.56 Å². The second-order valence-corrected chi connectivity index (χ2v) is 7.42. The van der Waals surface area contributed by atoms with Crippen LogP contribution in [0.5, 0.6) is 0 Å². The molecule has 138 valence electrons. The van der Waals surface area contributed by atoms with E-state index >= 15 is 0 Å². The predicted octanol–water partition coefficient (Wildman–Crippen LogP) is 2.70. The van der Waals surface area contributed by atoms with E-state index in [0.717, 1.165) is 12.1 Å². The van der Waals surface area contributed by atoms with E-state index < -0.39 is 21.8 Å². The quantitative estimate of drug-likeness (QED) is 0.754. The monoisotopic (exact) mass is 385 g/mol. The van der Waals surface area contributed by atoms with Crippen molar-refractivity contribution in [3.63, 3.8) is 0 Å². The Bertz CT molecular complexity index is 1160. The lowest BCUT2D eigenvalue weighted by molar-refractivity contribution is -0.137. The second kappa shape index (κ2) is 5.90. The fourth-order valence-corrected chi connectivity index (χ4v) is 3.70. The number of nitrogens with zero attached hydrogens (tertiary/aromatic N) is 2. The van der Waals surface area contributed by atoms with Crippen LogP contribution in [-0.2, 0) is 30.3 Å². The van der Waals surface area contributed by atoms with Gasteiger partial charge in [-0.2, -0.15) is 13.2 Å². The molecule has 0 amide bonds. The van der Waals surface area contributed by atoms with Crippen LogP contribution in [0.3, 0.4) is 0 Å². The molecule has 3 aromatic rings. The number of imidazole rings is 1. The summed E-state index contributed by atoms with van der Waals surface area (Å²) in [5.74, 6) is 0. The van der Waals surface area contributed by atoms with Gasteiger partial charge in [0.25, 0.3) is 10.0 Å². The average molecular weight is 385 g/mol.